The largest absolute Gasteiger partial charge is 0.371 e. The summed E-state index contributed by atoms with van der Waals surface area (Å²) in [5, 5.41) is 26.7. The molecule has 4 aromatic rings. The molecule has 0 bridgehead atoms. The fourth-order valence-electron chi connectivity index (χ4n) is 3.88. The second-order valence-electron chi connectivity index (χ2n) is 8.04. The summed E-state index contributed by atoms with van der Waals surface area (Å²) >= 11 is 1.37. The molecule has 0 spiro atoms. The van der Waals surface area contributed by atoms with Crippen LogP contribution in [-0.4, -0.2) is 38.1 Å². The zero-order valence-corrected chi connectivity index (χ0v) is 18.7. The smallest absolute Gasteiger partial charge is 0.174 e. The molecular weight excluding hydrogens is 434 g/mol. The van der Waals surface area contributed by atoms with Gasteiger partial charge in [0.05, 0.1) is 28.7 Å². The van der Waals surface area contributed by atoms with Crippen molar-refractivity contribution >= 4 is 39.6 Å². The van der Waals surface area contributed by atoms with Crippen molar-refractivity contribution in [2.24, 2.45) is 5.92 Å². The van der Waals surface area contributed by atoms with E-state index in [9.17, 15) is 10.4 Å². The Bertz CT molecular complexity index is 1390. The van der Waals surface area contributed by atoms with Crippen LogP contribution in [0.2, 0.25) is 0 Å². The van der Waals surface area contributed by atoms with E-state index in [4.69, 9.17) is 0 Å². The van der Waals surface area contributed by atoms with Gasteiger partial charge in [-0.3, -0.25) is 0 Å². The molecular formula is C24H21N7OS. The van der Waals surface area contributed by atoms with Crippen LogP contribution in [0.4, 0.5) is 17.2 Å². The first kappa shape index (κ1) is 21.0. The van der Waals surface area contributed by atoms with Crippen LogP contribution in [0.1, 0.15) is 23.9 Å². The Labute approximate surface area is 195 Å². The Kier molecular flexibility index (Phi) is 5.43. The van der Waals surface area contributed by atoms with Crippen LogP contribution in [0.3, 0.4) is 0 Å². The van der Waals surface area contributed by atoms with E-state index in [1.807, 2.05) is 35.8 Å². The molecule has 0 saturated carbocycles. The topological polar surface area (TPSA) is 114 Å². The lowest BCUT2D eigenvalue weighted by atomic mass is 10.1. The SMILES string of the molecule is CC(O)(C#Cc1ccc(N2CCC(C#N)C2)c(Nc2ncnc3[nH]ccc23)c1)c1nccs1. The van der Waals surface area contributed by atoms with Crippen LogP contribution in [-0.2, 0) is 5.60 Å². The summed E-state index contributed by atoms with van der Waals surface area (Å²) in [6.07, 6.45) is 5.83. The molecule has 9 heteroatoms. The van der Waals surface area contributed by atoms with E-state index in [0.717, 1.165) is 40.9 Å². The van der Waals surface area contributed by atoms with Gasteiger partial charge in [-0.15, -0.1) is 11.3 Å². The minimum Gasteiger partial charge on any atom is -0.371 e. The number of hydrogen-bond donors (Lipinski definition) is 3. The van der Waals surface area contributed by atoms with Gasteiger partial charge in [-0.05, 0) is 37.6 Å². The van der Waals surface area contributed by atoms with E-state index < -0.39 is 5.60 Å². The molecule has 1 aliphatic rings. The lowest BCUT2D eigenvalue weighted by Crippen LogP contribution is -2.20. The van der Waals surface area contributed by atoms with Gasteiger partial charge in [0.25, 0.3) is 0 Å². The normalized spacial score (nSPS) is 17.2. The number of hydrogen-bond acceptors (Lipinski definition) is 8. The van der Waals surface area contributed by atoms with Crippen molar-refractivity contribution in [2.75, 3.05) is 23.3 Å². The van der Waals surface area contributed by atoms with Crippen molar-refractivity contribution in [1.29, 1.82) is 5.26 Å². The quantitative estimate of drug-likeness (QED) is 0.401. The number of thiazole rings is 1. The molecule has 3 aromatic heterocycles. The molecule has 0 aliphatic carbocycles. The number of nitriles is 1. The molecule has 4 heterocycles. The predicted molar refractivity (Wildman–Crippen MR) is 128 cm³/mol. The minimum absolute atomic E-state index is 0.0149. The molecule has 1 saturated heterocycles. The summed E-state index contributed by atoms with van der Waals surface area (Å²) < 4.78 is 0. The second-order valence-corrected chi connectivity index (χ2v) is 8.93. The first-order valence-corrected chi connectivity index (χ1v) is 11.4. The average molecular weight is 456 g/mol. The summed E-state index contributed by atoms with van der Waals surface area (Å²) in [5.74, 6) is 6.72. The van der Waals surface area contributed by atoms with E-state index in [1.165, 1.54) is 17.7 Å². The highest BCUT2D eigenvalue weighted by atomic mass is 32.1. The molecule has 33 heavy (non-hydrogen) atoms. The number of fused-ring (bicyclic) bond motifs is 1. The number of H-pyrrole nitrogens is 1. The molecule has 2 atom stereocenters. The van der Waals surface area contributed by atoms with Crippen molar-refractivity contribution < 1.29 is 5.11 Å². The van der Waals surface area contributed by atoms with Crippen LogP contribution >= 0.6 is 11.3 Å². The second kappa shape index (κ2) is 8.55. The van der Waals surface area contributed by atoms with Gasteiger partial charge in [0, 0.05) is 36.4 Å². The fraction of sp³-hybridized carbons (Fsp3) is 0.250. The number of nitrogens with one attached hydrogen (secondary N) is 2. The maximum atomic E-state index is 10.7. The van der Waals surface area contributed by atoms with Crippen molar-refractivity contribution in [1.82, 2.24) is 19.9 Å². The fourth-order valence-corrected chi connectivity index (χ4v) is 4.54. The predicted octanol–water partition coefficient (Wildman–Crippen LogP) is 3.77. The first-order chi connectivity index (χ1) is 16.0. The highest BCUT2D eigenvalue weighted by Gasteiger charge is 2.25. The van der Waals surface area contributed by atoms with Gasteiger partial charge in [-0.1, -0.05) is 11.8 Å². The number of nitrogens with zero attached hydrogens (tertiary/aromatic N) is 5. The average Bonchev–Trinajstić information content (AvgIpc) is 3.60. The van der Waals surface area contributed by atoms with Gasteiger partial charge in [0.1, 0.15) is 22.8 Å². The van der Waals surface area contributed by atoms with Crippen LogP contribution in [0.25, 0.3) is 11.0 Å². The number of rotatable bonds is 4. The zero-order chi connectivity index (χ0) is 22.8. The van der Waals surface area contributed by atoms with Crippen molar-refractivity contribution in [3.05, 3.63) is 58.9 Å². The summed E-state index contributed by atoms with van der Waals surface area (Å²) in [7, 11) is 0. The molecule has 1 fully saturated rings. The molecule has 5 rings (SSSR count). The summed E-state index contributed by atoms with van der Waals surface area (Å²) in [6, 6.07) is 10.2. The third-order valence-electron chi connectivity index (χ3n) is 5.61. The van der Waals surface area contributed by atoms with Gasteiger partial charge in [-0.25, -0.2) is 15.0 Å². The molecule has 0 radical (unpaired) electrons. The van der Waals surface area contributed by atoms with Gasteiger partial charge < -0.3 is 20.3 Å². The monoisotopic (exact) mass is 455 g/mol. The first-order valence-electron chi connectivity index (χ1n) is 10.5. The maximum Gasteiger partial charge on any atom is 0.174 e. The molecule has 2 unspecified atom stereocenters. The van der Waals surface area contributed by atoms with Crippen molar-refractivity contribution in [3.63, 3.8) is 0 Å². The number of anilines is 3. The van der Waals surface area contributed by atoms with Crippen LogP contribution in [0, 0.1) is 29.1 Å². The standard InChI is InChI=1S/C24H21N7OS/c1-24(32,23-27-9-11-33-23)7-4-16-2-3-20(31-10-6-17(13-25)14-31)19(12-16)30-22-18-5-8-26-21(18)28-15-29-22/h2-3,5,8-9,11-12,15,17,32H,6,10,14H2,1H3,(H2,26,28,29,30). The molecule has 1 aliphatic heterocycles. The van der Waals surface area contributed by atoms with Crippen LogP contribution in [0.15, 0.2) is 48.4 Å². The van der Waals surface area contributed by atoms with Crippen LogP contribution < -0.4 is 10.2 Å². The third kappa shape index (κ3) is 4.24. The Hall–Kier alpha value is -3.92. The Balaban J connectivity index is 1.52. The summed E-state index contributed by atoms with van der Waals surface area (Å²) in [6.45, 7) is 3.13. The molecule has 8 nitrogen and oxygen atoms in total. The van der Waals surface area contributed by atoms with E-state index in [1.54, 1.807) is 13.1 Å². The lowest BCUT2D eigenvalue weighted by Gasteiger charge is -2.22. The number of aromatic nitrogens is 4. The summed E-state index contributed by atoms with van der Waals surface area (Å²) in [4.78, 5) is 18.2. The van der Waals surface area contributed by atoms with E-state index in [0.29, 0.717) is 17.4 Å². The number of aliphatic hydroxyl groups is 1. The maximum absolute atomic E-state index is 10.7. The molecule has 164 valence electrons. The third-order valence-corrected chi connectivity index (χ3v) is 6.60. The highest BCUT2D eigenvalue weighted by Crippen LogP contribution is 2.34. The lowest BCUT2D eigenvalue weighted by molar-refractivity contribution is 0.122. The van der Waals surface area contributed by atoms with Gasteiger partial charge in [0.2, 0.25) is 0 Å². The Morgan fingerprint density at radius 3 is 3.00 bits per heavy atom. The van der Waals surface area contributed by atoms with Crippen LogP contribution in [0.5, 0.6) is 0 Å². The van der Waals surface area contributed by atoms with Crippen molar-refractivity contribution in [3.8, 4) is 17.9 Å². The molecule has 3 N–H and O–H groups in total. The minimum atomic E-state index is -1.33. The number of aromatic amines is 1. The zero-order valence-electron chi connectivity index (χ0n) is 17.9. The van der Waals surface area contributed by atoms with E-state index in [2.05, 4.69) is 48.1 Å². The number of benzene rings is 1. The highest BCUT2D eigenvalue weighted by molar-refractivity contribution is 7.09. The van der Waals surface area contributed by atoms with E-state index in [-0.39, 0.29) is 5.92 Å². The van der Waals surface area contributed by atoms with E-state index >= 15 is 0 Å². The van der Waals surface area contributed by atoms with Gasteiger partial charge in [0.15, 0.2) is 5.60 Å². The summed E-state index contributed by atoms with van der Waals surface area (Å²) in [5.41, 5.74) is 1.96. The van der Waals surface area contributed by atoms with Gasteiger partial charge >= 0.3 is 0 Å². The Morgan fingerprint density at radius 1 is 1.30 bits per heavy atom. The van der Waals surface area contributed by atoms with Crippen molar-refractivity contribution in [2.45, 2.75) is 18.9 Å². The Morgan fingerprint density at radius 2 is 2.21 bits per heavy atom. The van der Waals surface area contributed by atoms with Gasteiger partial charge in [-0.2, -0.15) is 5.26 Å². The molecule has 1 aromatic carbocycles. The molecule has 0 amide bonds.